The fourth-order valence-corrected chi connectivity index (χ4v) is 6.36. The third-order valence-corrected chi connectivity index (χ3v) is 8.52. The second kappa shape index (κ2) is 9.41. The van der Waals surface area contributed by atoms with Crippen molar-refractivity contribution in [2.75, 3.05) is 26.2 Å². The number of carbonyl (C=O) groups excluding carboxylic acids is 1. The highest BCUT2D eigenvalue weighted by molar-refractivity contribution is 6.10. The minimum Gasteiger partial charge on any atom is -0.404 e. The number of nitrogens with zero attached hydrogens (tertiary/aromatic N) is 5. The number of nitrogens with one attached hydrogen (secondary N) is 1. The Labute approximate surface area is 217 Å². The maximum absolute atomic E-state index is 12.1. The summed E-state index contributed by atoms with van der Waals surface area (Å²) in [6.07, 6.45) is 10.00. The van der Waals surface area contributed by atoms with Crippen molar-refractivity contribution >= 4 is 28.5 Å². The van der Waals surface area contributed by atoms with E-state index < -0.39 is 0 Å². The fraction of sp³-hybridized carbons (Fsp3) is 0.448. The number of nitrogens with two attached hydrogens (primary N) is 1. The Morgan fingerprint density at radius 2 is 2.16 bits per heavy atom. The Kier molecular flexibility index (Phi) is 6.07. The molecule has 6 rings (SSSR count). The van der Waals surface area contributed by atoms with Gasteiger partial charge in [-0.2, -0.15) is 5.10 Å². The van der Waals surface area contributed by atoms with E-state index in [0.29, 0.717) is 12.0 Å². The molecule has 3 aliphatic rings. The van der Waals surface area contributed by atoms with E-state index >= 15 is 0 Å². The predicted molar refractivity (Wildman–Crippen MR) is 147 cm³/mol. The molecule has 2 aliphatic heterocycles. The molecule has 8 nitrogen and oxygen atoms in total. The van der Waals surface area contributed by atoms with Gasteiger partial charge in [0.05, 0.1) is 11.4 Å². The van der Waals surface area contributed by atoms with E-state index in [1.54, 1.807) is 13.1 Å². The summed E-state index contributed by atoms with van der Waals surface area (Å²) in [5.74, 6) is 0.904. The van der Waals surface area contributed by atoms with Gasteiger partial charge in [-0.15, -0.1) is 0 Å². The molecular formula is C29H35N7O. The van der Waals surface area contributed by atoms with Crippen LogP contribution < -0.4 is 11.1 Å². The molecule has 1 aromatic carbocycles. The zero-order valence-corrected chi connectivity index (χ0v) is 21.7. The minimum absolute atomic E-state index is 0.0970. The fourth-order valence-electron chi connectivity index (χ4n) is 6.36. The molecule has 1 amide bonds. The smallest absolute Gasteiger partial charge is 0.219 e. The number of rotatable bonds is 6. The number of aliphatic imine (C=N–C) groups is 1. The summed E-state index contributed by atoms with van der Waals surface area (Å²) >= 11 is 0. The maximum Gasteiger partial charge on any atom is 0.219 e. The second-order valence-corrected chi connectivity index (χ2v) is 11.0. The van der Waals surface area contributed by atoms with E-state index in [9.17, 15) is 4.79 Å². The van der Waals surface area contributed by atoms with E-state index in [-0.39, 0.29) is 5.91 Å². The Balaban J connectivity index is 1.21. The average molecular weight is 498 g/mol. The van der Waals surface area contributed by atoms with E-state index in [4.69, 9.17) is 15.8 Å². The monoisotopic (exact) mass is 497 g/mol. The van der Waals surface area contributed by atoms with Crippen LogP contribution in [0.15, 0.2) is 41.7 Å². The highest BCUT2D eigenvalue weighted by Gasteiger charge is 2.47. The molecule has 192 valence electrons. The lowest BCUT2D eigenvalue weighted by molar-refractivity contribution is -0.129. The summed E-state index contributed by atoms with van der Waals surface area (Å²) < 4.78 is 1.96. The van der Waals surface area contributed by atoms with Crippen molar-refractivity contribution in [1.29, 1.82) is 0 Å². The molecule has 3 N–H and O–H groups in total. The molecule has 2 aromatic heterocycles. The number of carbonyl (C=O) groups is 1. The highest BCUT2D eigenvalue weighted by atomic mass is 16.2. The SMILES string of the molecule is CC(=O)N1CCc2c(c(-c3cccc4cc(/C(C=NCCC5CC6(CNC6)C5)=C/N)ncc34)nn2C)C1. The molecule has 0 radical (unpaired) electrons. The number of aromatic nitrogens is 3. The van der Waals surface area contributed by atoms with E-state index in [1.165, 1.54) is 31.6 Å². The third kappa shape index (κ3) is 4.33. The molecule has 8 heteroatoms. The molecule has 37 heavy (non-hydrogen) atoms. The van der Waals surface area contributed by atoms with Gasteiger partial charge in [0.1, 0.15) is 0 Å². The minimum atomic E-state index is 0.0970. The molecule has 1 spiro atoms. The van der Waals surface area contributed by atoms with Gasteiger partial charge in [-0.1, -0.05) is 18.2 Å². The van der Waals surface area contributed by atoms with Crippen LogP contribution in [0, 0.1) is 11.3 Å². The molecule has 0 bridgehead atoms. The number of fused-ring (bicyclic) bond motifs is 2. The first-order chi connectivity index (χ1) is 18.0. The molecule has 2 fully saturated rings. The summed E-state index contributed by atoms with van der Waals surface area (Å²) in [5.41, 5.74) is 12.5. The lowest BCUT2D eigenvalue weighted by Crippen LogP contribution is -2.60. The van der Waals surface area contributed by atoms with Gasteiger partial charge in [0.2, 0.25) is 5.91 Å². The molecule has 1 saturated heterocycles. The van der Waals surface area contributed by atoms with Crippen molar-refractivity contribution in [3.8, 4) is 11.3 Å². The Morgan fingerprint density at radius 3 is 2.89 bits per heavy atom. The van der Waals surface area contributed by atoms with Crippen molar-refractivity contribution < 1.29 is 4.79 Å². The third-order valence-electron chi connectivity index (χ3n) is 8.52. The standard InChI is InChI=1S/C29H35N7O/c1-19(37)36-9-7-27-25(16-36)28(34-35(27)2)23-5-3-4-21-10-26(33-15-24(21)23)22(13-30)14-31-8-6-20-11-29(12-20)17-32-18-29/h3-5,10,13-15,20,32H,6-9,11-12,16-18,30H2,1-2H3/b22-13+,31-14?. The van der Waals surface area contributed by atoms with Crippen LogP contribution in [0.5, 0.6) is 0 Å². The van der Waals surface area contributed by atoms with E-state index in [2.05, 4.69) is 34.6 Å². The number of allylic oxidation sites excluding steroid dienone is 1. The summed E-state index contributed by atoms with van der Waals surface area (Å²) in [4.78, 5) is 23.4. The zero-order chi connectivity index (χ0) is 25.6. The lowest BCUT2D eigenvalue weighted by atomic mass is 9.58. The van der Waals surface area contributed by atoms with Crippen LogP contribution in [0.1, 0.15) is 43.1 Å². The van der Waals surface area contributed by atoms with Crippen molar-refractivity contribution in [3.05, 3.63) is 53.6 Å². The van der Waals surface area contributed by atoms with Crippen LogP contribution in [0.2, 0.25) is 0 Å². The number of aryl methyl sites for hydroxylation is 1. The summed E-state index contributed by atoms with van der Waals surface area (Å²) in [6, 6.07) is 8.30. The van der Waals surface area contributed by atoms with Crippen LogP contribution in [-0.4, -0.2) is 58.0 Å². The van der Waals surface area contributed by atoms with Crippen molar-refractivity contribution in [1.82, 2.24) is 25.0 Å². The Morgan fingerprint density at radius 1 is 1.32 bits per heavy atom. The first kappa shape index (κ1) is 23.9. The van der Waals surface area contributed by atoms with Gasteiger partial charge in [0.15, 0.2) is 0 Å². The number of hydrogen-bond donors (Lipinski definition) is 2. The quantitative estimate of drug-likeness (QED) is 0.509. The van der Waals surface area contributed by atoms with Crippen LogP contribution in [0.25, 0.3) is 27.6 Å². The van der Waals surface area contributed by atoms with Gasteiger partial charge >= 0.3 is 0 Å². The zero-order valence-electron chi connectivity index (χ0n) is 21.7. The maximum atomic E-state index is 12.1. The number of benzene rings is 1. The lowest BCUT2D eigenvalue weighted by Gasteiger charge is -2.54. The van der Waals surface area contributed by atoms with E-state index in [1.807, 2.05) is 29.0 Å². The summed E-state index contributed by atoms with van der Waals surface area (Å²) in [7, 11) is 1.98. The molecule has 1 aliphatic carbocycles. The second-order valence-electron chi connectivity index (χ2n) is 11.0. The van der Waals surface area contributed by atoms with Gasteiger partial charge in [-0.3, -0.25) is 19.5 Å². The normalized spacial score (nSPS) is 19.3. The van der Waals surface area contributed by atoms with Crippen molar-refractivity contribution in [2.45, 2.75) is 39.2 Å². The van der Waals surface area contributed by atoms with Crippen molar-refractivity contribution in [2.24, 2.45) is 29.1 Å². The first-order valence-corrected chi connectivity index (χ1v) is 13.3. The first-order valence-electron chi connectivity index (χ1n) is 13.3. The summed E-state index contributed by atoms with van der Waals surface area (Å²) in [6.45, 7) is 6.17. The van der Waals surface area contributed by atoms with Crippen LogP contribution in [0.3, 0.4) is 0 Å². The number of hydrogen-bond acceptors (Lipinski definition) is 6. The molecule has 0 unspecified atom stereocenters. The van der Waals surface area contributed by atoms with Crippen LogP contribution in [0.4, 0.5) is 0 Å². The molecule has 3 aromatic rings. The average Bonchev–Trinajstić information content (AvgIpc) is 3.18. The van der Waals surface area contributed by atoms with Gasteiger partial charge in [0.25, 0.3) is 0 Å². The largest absolute Gasteiger partial charge is 0.404 e. The van der Waals surface area contributed by atoms with E-state index in [0.717, 1.165) is 70.7 Å². The Bertz CT molecular complexity index is 1410. The molecule has 4 heterocycles. The van der Waals surface area contributed by atoms with Gasteiger partial charge in [-0.25, -0.2) is 0 Å². The van der Waals surface area contributed by atoms with Gasteiger partial charge in [0, 0.05) is 99.5 Å². The van der Waals surface area contributed by atoms with Crippen LogP contribution in [-0.2, 0) is 24.8 Å². The number of amides is 1. The highest BCUT2D eigenvalue weighted by Crippen LogP contribution is 2.49. The van der Waals surface area contributed by atoms with Crippen molar-refractivity contribution in [3.63, 3.8) is 0 Å². The topological polar surface area (TPSA) is 101 Å². The molecular weight excluding hydrogens is 462 g/mol. The summed E-state index contributed by atoms with van der Waals surface area (Å²) in [5, 5.41) is 10.4. The molecule has 0 atom stereocenters. The predicted octanol–water partition coefficient (Wildman–Crippen LogP) is 3.30. The Hall–Kier alpha value is -3.52. The molecule has 1 saturated carbocycles. The van der Waals surface area contributed by atoms with Gasteiger partial charge in [-0.05, 0) is 42.0 Å². The van der Waals surface area contributed by atoms with Gasteiger partial charge < -0.3 is 16.0 Å². The van der Waals surface area contributed by atoms with Crippen LogP contribution >= 0.6 is 0 Å². The number of pyridine rings is 1.